The lowest BCUT2D eigenvalue weighted by atomic mass is 10.5. The maximum absolute atomic E-state index is 4.26. The Labute approximate surface area is 78.0 Å². The summed E-state index contributed by atoms with van der Waals surface area (Å²) in [6, 6.07) is 0.621. The lowest BCUT2D eigenvalue weighted by Crippen LogP contribution is -2.15. The highest BCUT2D eigenvalue weighted by atomic mass is 15.2. The van der Waals surface area contributed by atoms with Crippen LogP contribution in [0.15, 0.2) is 12.4 Å². The lowest BCUT2D eigenvalue weighted by molar-refractivity contribution is 1.02. The van der Waals surface area contributed by atoms with Gasteiger partial charge in [0, 0.05) is 32.5 Å². The van der Waals surface area contributed by atoms with Crippen molar-refractivity contribution < 1.29 is 0 Å². The van der Waals surface area contributed by atoms with Crippen molar-refractivity contribution in [3.8, 4) is 0 Å². The van der Waals surface area contributed by atoms with Gasteiger partial charge in [0.15, 0.2) is 11.6 Å². The van der Waals surface area contributed by atoms with Crippen molar-refractivity contribution in [2.24, 2.45) is 0 Å². The van der Waals surface area contributed by atoms with Crippen LogP contribution in [0.4, 0.5) is 11.6 Å². The highest BCUT2D eigenvalue weighted by Crippen LogP contribution is 2.27. The molecule has 0 spiro atoms. The summed E-state index contributed by atoms with van der Waals surface area (Å²) >= 11 is 0. The molecule has 0 saturated heterocycles. The fourth-order valence-corrected chi connectivity index (χ4v) is 1.18. The zero-order chi connectivity index (χ0) is 9.26. The number of nitrogens with one attached hydrogen (secondary N) is 1. The minimum absolute atomic E-state index is 0.621. The fourth-order valence-electron chi connectivity index (χ4n) is 1.18. The molecule has 0 aliphatic heterocycles. The summed E-state index contributed by atoms with van der Waals surface area (Å²) in [5.74, 6) is 1.81. The van der Waals surface area contributed by atoms with Gasteiger partial charge < -0.3 is 10.2 Å². The summed E-state index contributed by atoms with van der Waals surface area (Å²) < 4.78 is 0. The summed E-state index contributed by atoms with van der Waals surface area (Å²) in [6.07, 6.45) is 5.94. The summed E-state index contributed by atoms with van der Waals surface area (Å²) in [5, 5.41) is 3.35. The Hall–Kier alpha value is -1.32. The number of anilines is 2. The predicted octanol–water partition coefficient (Wildman–Crippen LogP) is 1.12. The van der Waals surface area contributed by atoms with E-state index in [2.05, 4.69) is 15.3 Å². The molecule has 0 amide bonds. The molecule has 0 bridgehead atoms. The standard InChI is InChI=1S/C9H14N4/c1-13(2)9-8(10-5-6-11-9)12-7-3-4-7/h5-7H,3-4H2,1-2H3,(H,10,12). The first-order chi connectivity index (χ1) is 6.27. The highest BCUT2D eigenvalue weighted by Gasteiger charge is 2.22. The SMILES string of the molecule is CN(C)c1nccnc1NC1CC1. The largest absolute Gasteiger partial charge is 0.364 e. The van der Waals surface area contributed by atoms with E-state index in [-0.39, 0.29) is 0 Å². The molecule has 2 rings (SSSR count). The van der Waals surface area contributed by atoms with E-state index >= 15 is 0 Å². The molecule has 1 fully saturated rings. The Morgan fingerprint density at radius 3 is 2.62 bits per heavy atom. The quantitative estimate of drug-likeness (QED) is 0.753. The van der Waals surface area contributed by atoms with Crippen molar-refractivity contribution in [1.29, 1.82) is 0 Å². The summed E-state index contributed by atoms with van der Waals surface area (Å²) in [6.45, 7) is 0. The zero-order valence-corrected chi connectivity index (χ0v) is 7.99. The summed E-state index contributed by atoms with van der Waals surface area (Å²) in [4.78, 5) is 10.5. The monoisotopic (exact) mass is 178 g/mol. The van der Waals surface area contributed by atoms with E-state index in [9.17, 15) is 0 Å². The van der Waals surface area contributed by atoms with Gasteiger partial charge in [-0.3, -0.25) is 0 Å². The normalized spacial score (nSPS) is 15.5. The van der Waals surface area contributed by atoms with Crippen molar-refractivity contribution in [3.05, 3.63) is 12.4 Å². The van der Waals surface area contributed by atoms with Crippen LogP contribution < -0.4 is 10.2 Å². The number of aromatic nitrogens is 2. The van der Waals surface area contributed by atoms with Gasteiger partial charge in [-0.2, -0.15) is 0 Å². The molecule has 4 heteroatoms. The summed E-state index contributed by atoms with van der Waals surface area (Å²) in [5.41, 5.74) is 0. The number of rotatable bonds is 3. The number of hydrogen-bond acceptors (Lipinski definition) is 4. The maximum atomic E-state index is 4.26. The van der Waals surface area contributed by atoms with Crippen LogP contribution in [0.1, 0.15) is 12.8 Å². The van der Waals surface area contributed by atoms with Crippen LogP contribution in [0.5, 0.6) is 0 Å². The van der Waals surface area contributed by atoms with E-state index in [1.807, 2.05) is 19.0 Å². The van der Waals surface area contributed by atoms with Gasteiger partial charge in [-0.05, 0) is 12.8 Å². The molecular weight excluding hydrogens is 164 g/mol. The average molecular weight is 178 g/mol. The molecule has 0 radical (unpaired) electrons. The van der Waals surface area contributed by atoms with E-state index in [0.717, 1.165) is 11.6 Å². The van der Waals surface area contributed by atoms with E-state index in [1.54, 1.807) is 12.4 Å². The molecule has 0 unspecified atom stereocenters. The molecule has 0 atom stereocenters. The number of hydrogen-bond donors (Lipinski definition) is 1. The third-order valence-electron chi connectivity index (χ3n) is 2.02. The van der Waals surface area contributed by atoms with Crippen LogP contribution in [0.25, 0.3) is 0 Å². The highest BCUT2D eigenvalue weighted by molar-refractivity contribution is 5.60. The second-order valence-electron chi connectivity index (χ2n) is 3.54. The van der Waals surface area contributed by atoms with Gasteiger partial charge in [-0.15, -0.1) is 0 Å². The van der Waals surface area contributed by atoms with Crippen LogP contribution in [0, 0.1) is 0 Å². The Kier molecular flexibility index (Phi) is 2.04. The molecule has 13 heavy (non-hydrogen) atoms. The van der Waals surface area contributed by atoms with E-state index in [1.165, 1.54) is 12.8 Å². The second kappa shape index (κ2) is 3.20. The topological polar surface area (TPSA) is 41.1 Å². The molecular formula is C9H14N4. The third-order valence-corrected chi connectivity index (χ3v) is 2.02. The number of nitrogens with zero attached hydrogens (tertiary/aromatic N) is 3. The molecule has 1 heterocycles. The van der Waals surface area contributed by atoms with Gasteiger partial charge in [-0.1, -0.05) is 0 Å². The van der Waals surface area contributed by atoms with Gasteiger partial charge in [0.05, 0.1) is 0 Å². The van der Waals surface area contributed by atoms with Crippen molar-refractivity contribution in [3.63, 3.8) is 0 Å². The molecule has 1 aliphatic carbocycles. The van der Waals surface area contributed by atoms with Crippen LogP contribution in [-0.4, -0.2) is 30.1 Å². The molecule has 4 nitrogen and oxygen atoms in total. The molecule has 0 aromatic carbocycles. The molecule has 70 valence electrons. The molecule has 1 aliphatic rings. The minimum atomic E-state index is 0.621. The fraction of sp³-hybridized carbons (Fsp3) is 0.556. The third kappa shape index (κ3) is 1.88. The van der Waals surface area contributed by atoms with Gasteiger partial charge in [-0.25, -0.2) is 9.97 Å². The van der Waals surface area contributed by atoms with Crippen molar-refractivity contribution in [2.45, 2.75) is 18.9 Å². The van der Waals surface area contributed by atoms with Crippen LogP contribution >= 0.6 is 0 Å². The van der Waals surface area contributed by atoms with Gasteiger partial charge in [0.1, 0.15) is 0 Å². The molecule has 1 saturated carbocycles. The van der Waals surface area contributed by atoms with Crippen LogP contribution in [0.2, 0.25) is 0 Å². The first-order valence-corrected chi connectivity index (χ1v) is 4.52. The van der Waals surface area contributed by atoms with E-state index in [4.69, 9.17) is 0 Å². The maximum Gasteiger partial charge on any atom is 0.171 e. The van der Waals surface area contributed by atoms with Gasteiger partial charge in [0.25, 0.3) is 0 Å². The van der Waals surface area contributed by atoms with Crippen LogP contribution in [0.3, 0.4) is 0 Å². The van der Waals surface area contributed by atoms with Crippen molar-refractivity contribution >= 4 is 11.6 Å². The Bertz CT molecular complexity index is 293. The van der Waals surface area contributed by atoms with E-state index in [0.29, 0.717) is 6.04 Å². The average Bonchev–Trinajstić information content (AvgIpc) is 2.89. The van der Waals surface area contributed by atoms with Gasteiger partial charge >= 0.3 is 0 Å². The molecule has 1 N–H and O–H groups in total. The van der Waals surface area contributed by atoms with Gasteiger partial charge in [0.2, 0.25) is 0 Å². The molecule has 1 aromatic rings. The van der Waals surface area contributed by atoms with Crippen molar-refractivity contribution in [1.82, 2.24) is 9.97 Å². The smallest absolute Gasteiger partial charge is 0.171 e. The lowest BCUT2D eigenvalue weighted by Gasteiger charge is -2.15. The Morgan fingerprint density at radius 1 is 1.31 bits per heavy atom. The second-order valence-corrected chi connectivity index (χ2v) is 3.54. The summed E-state index contributed by atoms with van der Waals surface area (Å²) in [7, 11) is 3.95. The zero-order valence-electron chi connectivity index (χ0n) is 7.99. The van der Waals surface area contributed by atoms with Crippen LogP contribution in [-0.2, 0) is 0 Å². The molecule has 1 aromatic heterocycles. The van der Waals surface area contributed by atoms with Crippen molar-refractivity contribution in [2.75, 3.05) is 24.3 Å². The minimum Gasteiger partial charge on any atom is -0.364 e. The van der Waals surface area contributed by atoms with E-state index < -0.39 is 0 Å². The Balaban J connectivity index is 2.20. The first kappa shape index (κ1) is 8.29. The first-order valence-electron chi connectivity index (χ1n) is 4.52. The Morgan fingerprint density at radius 2 is 2.00 bits per heavy atom. The predicted molar refractivity (Wildman–Crippen MR) is 53.0 cm³/mol.